The molecule has 2 amide bonds. The summed E-state index contributed by atoms with van der Waals surface area (Å²) >= 11 is 2.07. The van der Waals surface area contributed by atoms with Crippen LogP contribution in [0.15, 0.2) is 24.3 Å². The van der Waals surface area contributed by atoms with Gasteiger partial charge in [0.15, 0.2) is 0 Å². The summed E-state index contributed by atoms with van der Waals surface area (Å²) < 4.78 is 6.95. The SMILES string of the molecule is CN(C)C(=O)Oc1ccc(CC(NC(=O)[C@@H]2CC(N)CN2SI)C(=O)[O-])cc1.[Rb+]. The third-order valence-electron chi connectivity index (χ3n) is 4.21. The third-order valence-corrected chi connectivity index (χ3v) is 6.31. The van der Waals surface area contributed by atoms with E-state index < -0.39 is 24.1 Å². The van der Waals surface area contributed by atoms with Gasteiger partial charge in [0, 0.05) is 47.9 Å². The number of amides is 2. The van der Waals surface area contributed by atoms with Gasteiger partial charge < -0.3 is 30.6 Å². The fraction of sp³-hybridized carbons (Fsp3) is 0.471. The molecule has 1 aliphatic heterocycles. The maximum Gasteiger partial charge on any atom is 1.00 e. The second kappa shape index (κ2) is 12.9. The number of rotatable bonds is 7. The van der Waals surface area contributed by atoms with Crippen LogP contribution in [0.3, 0.4) is 0 Å². The largest absolute Gasteiger partial charge is 1.00 e. The summed E-state index contributed by atoms with van der Waals surface area (Å²) in [5.41, 5.74) is 6.56. The Morgan fingerprint density at radius 3 is 2.52 bits per heavy atom. The molecule has 0 aliphatic carbocycles. The monoisotopic (exact) mass is 606 g/mol. The fourth-order valence-electron chi connectivity index (χ4n) is 2.73. The zero-order chi connectivity index (χ0) is 20.8. The number of nitrogens with zero attached hydrogens (tertiary/aromatic N) is 2. The normalized spacial score (nSPS) is 19.7. The zero-order valence-corrected chi connectivity index (χ0v) is 24.4. The number of carboxylic acid groups (broad SMARTS) is 1. The van der Waals surface area contributed by atoms with Crippen molar-refractivity contribution in [3.8, 4) is 5.75 Å². The minimum Gasteiger partial charge on any atom is -0.548 e. The molecule has 3 atom stereocenters. The Hall–Kier alpha value is 0.235. The standard InChI is InChI=1S/C17H23IN4O5S.Rb/c1-21(2)17(26)27-12-5-3-10(4-6-12)7-13(16(24)25)20-15(23)14-8-11(19)9-22(14)28-18;/h3-6,11,13-14H,7-9,19H2,1-2H3,(H,20,23)(H,24,25);/q;+1/p-1/t11?,13?,14-;/m0./s1. The van der Waals surface area contributed by atoms with E-state index in [2.05, 4.69) is 26.5 Å². The predicted molar refractivity (Wildman–Crippen MR) is 111 cm³/mol. The van der Waals surface area contributed by atoms with Crippen molar-refractivity contribution in [3.05, 3.63) is 29.8 Å². The van der Waals surface area contributed by atoms with E-state index in [4.69, 9.17) is 10.5 Å². The number of carboxylic acids is 1. The number of hydrogen-bond donors (Lipinski definition) is 2. The first kappa shape index (κ1) is 27.3. The van der Waals surface area contributed by atoms with Crippen LogP contribution in [-0.4, -0.2) is 65.9 Å². The van der Waals surface area contributed by atoms with Gasteiger partial charge in [-0.1, -0.05) is 12.1 Å². The molecule has 3 N–H and O–H groups in total. The summed E-state index contributed by atoms with van der Waals surface area (Å²) in [7, 11) is 4.51. The molecule has 1 aliphatic rings. The van der Waals surface area contributed by atoms with Gasteiger partial charge in [-0.2, -0.15) is 0 Å². The van der Waals surface area contributed by atoms with E-state index in [-0.39, 0.29) is 76.6 Å². The smallest absolute Gasteiger partial charge is 0.548 e. The van der Waals surface area contributed by atoms with E-state index in [0.29, 0.717) is 24.3 Å². The van der Waals surface area contributed by atoms with Crippen LogP contribution in [0.25, 0.3) is 0 Å². The number of carbonyl (C=O) groups is 3. The van der Waals surface area contributed by atoms with E-state index in [1.807, 2.05) is 4.31 Å². The molecule has 29 heavy (non-hydrogen) atoms. The van der Waals surface area contributed by atoms with Crippen molar-refractivity contribution in [1.82, 2.24) is 14.5 Å². The maximum atomic E-state index is 12.5. The second-order valence-electron chi connectivity index (χ2n) is 6.67. The van der Waals surface area contributed by atoms with Crippen LogP contribution in [-0.2, 0) is 16.0 Å². The average Bonchev–Trinajstić information content (AvgIpc) is 3.03. The Kier molecular flexibility index (Phi) is 12.2. The quantitative estimate of drug-likeness (QED) is 0.247. The first-order chi connectivity index (χ1) is 13.2. The molecule has 0 aromatic heterocycles. The summed E-state index contributed by atoms with van der Waals surface area (Å²) in [6.07, 6.45) is -0.000246. The molecule has 2 unspecified atom stereocenters. The van der Waals surface area contributed by atoms with Crippen molar-refractivity contribution < 1.29 is 82.4 Å². The second-order valence-corrected chi connectivity index (χ2v) is 8.46. The Morgan fingerprint density at radius 1 is 1.38 bits per heavy atom. The summed E-state index contributed by atoms with van der Waals surface area (Å²) in [6, 6.07) is 4.62. The molecule has 1 saturated heterocycles. The third kappa shape index (κ3) is 8.35. The van der Waals surface area contributed by atoms with E-state index in [1.54, 1.807) is 38.4 Å². The average molecular weight is 607 g/mol. The Labute approximate surface area is 235 Å². The molecule has 1 heterocycles. The number of ether oxygens (including phenoxy) is 1. The van der Waals surface area contributed by atoms with Gasteiger partial charge in [-0.15, -0.1) is 0 Å². The van der Waals surface area contributed by atoms with E-state index in [1.165, 1.54) is 14.0 Å². The number of benzene rings is 1. The van der Waals surface area contributed by atoms with Gasteiger partial charge in [-0.25, -0.2) is 9.10 Å². The molecule has 12 heteroatoms. The number of halogens is 1. The first-order valence-electron chi connectivity index (χ1n) is 8.51. The number of nitrogens with two attached hydrogens (primary N) is 1. The van der Waals surface area contributed by atoms with Crippen molar-refractivity contribution in [2.24, 2.45) is 5.73 Å². The molecule has 1 fully saturated rings. The van der Waals surface area contributed by atoms with Crippen molar-refractivity contribution in [2.75, 3.05) is 20.6 Å². The van der Waals surface area contributed by atoms with Crippen molar-refractivity contribution in [2.45, 2.75) is 31.0 Å². The number of carbonyl (C=O) groups excluding carboxylic acids is 3. The van der Waals surface area contributed by atoms with Crippen molar-refractivity contribution in [1.29, 1.82) is 0 Å². The predicted octanol–water partition coefficient (Wildman–Crippen LogP) is -3.07. The molecule has 1 aromatic carbocycles. The van der Waals surface area contributed by atoms with E-state index in [9.17, 15) is 19.5 Å². The van der Waals surface area contributed by atoms with Crippen LogP contribution >= 0.6 is 30.3 Å². The van der Waals surface area contributed by atoms with E-state index >= 15 is 0 Å². The molecular weight excluding hydrogens is 585 g/mol. The Morgan fingerprint density at radius 2 is 2.00 bits per heavy atom. The van der Waals surface area contributed by atoms with Gasteiger partial charge in [0.25, 0.3) is 0 Å². The molecule has 2 rings (SSSR count). The van der Waals surface area contributed by atoms with Crippen LogP contribution < -0.4 is 79.1 Å². The van der Waals surface area contributed by atoms with Crippen LogP contribution in [0.4, 0.5) is 4.79 Å². The molecule has 0 radical (unpaired) electrons. The summed E-state index contributed by atoms with van der Waals surface area (Å²) in [6.45, 7) is 0.564. The van der Waals surface area contributed by atoms with Crippen LogP contribution in [0.1, 0.15) is 12.0 Å². The van der Waals surface area contributed by atoms with Gasteiger partial charge >= 0.3 is 64.3 Å². The Bertz CT molecular complexity index is 724. The molecule has 0 saturated carbocycles. The molecule has 1 aromatic rings. The topological polar surface area (TPSA) is 128 Å². The van der Waals surface area contributed by atoms with Gasteiger partial charge in [0.05, 0.1) is 12.0 Å². The minimum absolute atomic E-state index is 0. The summed E-state index contributed by atoms with van der Waals surface area (Å²) in [4.78, 5) is 36.9. The first-order valence-corrected chi connectivity index (χ1v) is 11.8. The number of nitrogens with one attached hydrogen (secondary N) is 1. The molecule has 0 spiro atoms. The molecule has 9 nitrogen and oxygen atoms in total. The van der Waals surface area contributed by atoms with Gasteiger partial charge in [-0.05, 0) is 39.7 Å². The van der Waals surface area contributed by atoms with Crippen LogP contribution in [0.5, 0.6) is 5.75 Å². The maximum absolute atomic E-state index is 12.5. The molecule has 154 valence electrons. The number of aliphatic carboxylic acids is 1. The van der Waals surface area contributed by atoms with Gasteiger partial charge in [0.2, 0.25) is 5.91 Å². The summed E-state index contributed by atoms with van der Waals surface area (Å²) in [5.74, 6) is -1.42. The van der Waals surface area contributed by atoms with Crippen molar-refractivity contribution in [3.63, 3.8) is 0 Å². The van der Waals surface area contributed by atoms with Gasteiger partial charge in [-0.3, -0.25) is 4.79 Å². The van der Waals surface area contributed by atoms with E-state index in [0.717, 1.165) is 0 Å². The molecular formula is C17H22IN4O5RbS. The van der Waals surface area contributed by atoms with Gasteiger partial charge in [0.1, 0.15) is 11.8 Å². The summed E-state index contributed by atoms with van der Waals surface area (Å²) in [5, 5.41) is 14.1. The van der Waals surface area contributed by atoms with Crippen LogP contribution in [0.2, 0.25) is 0 Å². The van der Waals surface area contributed by atoms with Crippen LogP contribution in [0, 0.1) is 0 Å². The van der Waals surface area contributed by atoms with Crippen molar-refractivity contribution >= 4 is 48.3 Å². The minimum atomic E-state index is -1.37. The fourth-order valence-corrected chi connectivity index (χ4v) is 4.57. The number of hydrogen-bond acceptors (Lipinski definition) is 8. The Balaban J connectivity index is 0.00000420. The zero-order valence-electron chi connectivity index (χ0n) is 16.5. The molecule has 0 bridgehead atoms.